The first-order valence-corrected chi connectivity index (χ1v) is 10.4. The summed E-state index contributed by atoms with van der Waals surface area (Å²) in [5.74, 6) is 0.337. The summed E-state index contributed by atoms with van der Waals surface area (Å²) in [6.07, 6.45) is 1.61. The summed E-state index contributed by atoms with van der Waals surface area (Å²) in [6, 6.07) is 10.2. The summed E-state index contributed by atoms with van der Waals surface area (Å²) < 4.78 is 22.7. The zero-order valence-electron chi connectivity index (χ0n) is 17.9. The van der Waals surface area contributed by atoms with E-state index in [0.29, 0.717) is 33.0 Å². The molecule has 0 amide bonds. The van der Waals surface area contributed by atoms with E-state index in [2.05, 4.69) is 15.1 Å². The second-order valence-corrected chi connectivity index (χ2v) is 9.05. The molecular weight excluding hydrogens is 433 g/mol. The quantitative estimate of drug-likeness (QED) is 0.342. The number of rotatable bonds is 3. The van der Waals surface area contributed by atoms with E-state index < -0.39 is 23.9 Å². The maximum Gasteiger partial charge on any atom is 0.514 e. The minimum Gasteiger partial charge on any atom is -0.422 e. The van der Waals surface area contributed by atoms with Crippen LogP contribution >= 0.6 is 11.6 Å². The number of hydrogen-bond acceptors (Lipinski definition) is 8. The molecular formula is C22H19BClN3O5. The van der Waals surface area contributed by atoms with E-state index in [1.165, 1.54) is 0 Å². The van der Waals surface area contributed by atoms with Crippen LogP contribution in [0.25, 0.3) is 33.8 Å². The van der Waals surface area contributed by atoms with Crippen LogP contribution in [0, 0.1) is 0 Å². The molecule has 1 aliphatic heterocycles. The zero-order chi connectivity index (χ0) is 22.7. The van der Waals surface area contributed by atoms with E-state index in [1.807, 2.05) is 27.7 Å². The molecule has 0 unspecified atom stereocenters. The van der Waals surface area contributed by atoms with E-state index in [1.54, 1.807) is 42.6 Å². The minimum absolute atomic E-state index is 0.0469. The summed E-state index contributed by atoms with van der Waals surface area (Å²) in [7, 11) is -0.566. The Morgan fingerprint density at radius 2 is 1.75 bits per heavy atom. The van der Waals surface area contributed by atoms with Crippen molar-refractivity contribution in [2.45, 2.75) is 38.9 Å². The average molecular weight is 452 g/mol. The van der Waals surface area contributed by atoms with Gasteiger partial charge < -0.3 is 18.2 Å². The average Bonchev–Trinajstić information content (AvgIpc) is 3.30. The van der Waals surface area contributed by atoms with E-state index >= 15 is 0 Å². The largest absolute Gasteiger partial charge is 0.514 e. The fraction of sp³-hybridized carbons (Fsp3) is 0.273. The molecule has 162 valence electrons. The summed E-state index contributed by atoms with van der Waals surface area (Å²) in [5, 5.41) is 5.16. The fourth-order valence-corrected chi connectivity index (χ4v) is 3.51. The Morgan fingerprint density at radius 1 is 1.00 bits per heavy atom. The molecule has 3 aromatic heterocycles. The lowest BCUT2D eigenvalue weighted by Crippen LogP contribution is -2.41. The van der Waals surface area contributed by atoms with Gasteiger partial charge in [0.1, 0.15) is 11.1 Å². The number of fused-ring (bicyclic) bond motifs is 1. The van der Waals surface area contributed by atoms with Gasteiger partial charge in [-0.15, -0.1) is 0 Å². The van der Waals surface area contributed by atoms with Gasteiger partial charge in [0.05, 0.1) is 16.8 Å². The lowest BCUT2D eigenvalue weighted by atomic mass is 9.84. The fourth-order valence-electron chi connectivity index (χ4n) is 3.33. The van der Waals surface area contributed by atoms with Gasteiger partial charge >= 0.3 is 12.7 Å². The Balaban J connectivity index is 1.43. The normalized spacial score (nSPS) is 17.2. The van der Waals surface area contributed by atoms with Gasteiger partial charge in [0.2, 0.25) is 5.82 Å². The lowest BCUT2D eigenvalue weighted by Gasteiger charge is -2.32. The Hall–Kier alpha value is -3.01. The van der Waals surface area contributed by atoms with Crippen LogP contribution in [0.15, 0.2) is 56.3 Å². The monoisotopic (exact) mass is 451 g/mol. The molecule has 1 saturated heterocycles. The number of halogens is 1. The summed E-state index contributed by atoms with van der Waals surface area (Å²) in [6.45, 7) is 7.94. The van der Waals surface area contributed by atoms with Crippen molar-refractivity contribution in [2.75, 3.05) is 0 Å². The van der Waals surface area contributed by atoms with Crippen LogP contribution < -0.4 is 11.2 Å². The van der Waals surface area contributed by atoms with Crippen molar-refractivity contribution < 1.29 is 18.2 Å². The van der Waals surface area contributed by atoms with Crippen LogP contribution in [0.4, 0.5) is 0 Å². The Morgan fingerprint density at radius 3 is 2.44 bits per heavy atom. The molecule has 10 heteroatoms. The molecule has 0 radical (unpaired) electrons. The third kappa shape index (κ3) is 3.52. The Labute approximate surface area is 188 Å². The minimum atomic E-state index is -0.579. The molecule has 4 aromatic rings. The van der Waals surface area contributed by atoms with Crippen LogP contribution in [-0.4, -0.2) is 33.4 Å². The molecule has 1 fully saturated rings. The molecule has 0 N–H and O–H groups in total. The van der Waals surface area contributed by atoms with Crippen molar-refractivity contribution in [2.24, 2.45) is 0 Å². The predicted octanol–water partition coefficient (Wildman–Crippen LogP) is 3.86. The lowest BCUT2D eigenvalue weighted by molar-refractivity contribution is 0.00578. The molecule has 32 heavy (non-hydrogen) atoms. The van der Waals surface area contributed by atoms with Crippen molar-refractivity contribution in [1.82, 2.24) is 15.1 Å². The van der Waals surface area contributed by atoms with Crippen LogP contribution in [-0.2, 0) is 9.31 Å². The van der Waals surface area contributed by atoms with Crippen molar-refractivity contribution in [3.8, 4) is 22.8 Å². The van der Waals surface area contributed by atoms with Crippen molar-refractivity contribution in [3.63, 3.8) is 0 Å². The van der Waals surface area contributed by atoms with Gasteiger partial charge in [-0.1, -0.05) is 16.8 Å². The van der Waals surface area contributed by atoms with Gasteiger partial charge in [-0.2, -0.15) is 4.98 Å². The molecule has 0 bridgehead atoms. The number of nitrogens with zero attached hydrogens (tertiary/aromatic N) is 3. The van der Waals surface area contributed by atoms with Crippen molar-refractivity contribution in [3.05, 3.63) is 58.0 Å². The molecule has 0 saturated carbocycles. The molecule has 1 aromatic carbocycles. The van der Waals surface area contributed by atoms with E-state index in [0.717, 1.165) is 0 Å². The highest BCUT2D eigenvalue weighted by Crippen LogP contribution is 2.36. The molecule has 0 spiro atoms. The highest BCUT2D eigenvalue weighted by molar-refractivity contribution is 6.61. The first kappa shape index (κ1) is 20.9. The molecule has 1 aliphatic rings. The molecule has 4 heterocycles. The Kier molecular flexibility index (Phi) is 4.74. The number of pyridine rings is 1. The van der Waals surface area contributed by atoms with Crippen LogP contribution in [0.2, 0.25) is 5.02 Å². The number of benzene rings is 1. The first-order chi connectivity index (χ1) is 15.1. The summed E-state index contributed by atoms with van der Waals surface area (Å²) in [4.78, 5) is 21.2. The van der Waals surface area contributed by atoms with Gasteiger partial charge in [-0.25, -0.2) is 4.79 Å². The van der Waals surface area contributed by atoms with E-state index in [4.69, 9.17) is 29.8 Å². The zero-order valence-corrected chi connectivity index (χ0v) is 18.6. The molecule has 8 nitrogen and oxygen atoms in total. The number of hydrogen-bond donors (Lipinski definition) is 0. The van der Waals surface area contributed by atoms with Gasteiger partial charge in [0, 0.05) is 22.2 Å². The van der Waals surface area contributed by atoms with Crippen molar-refractivity contribution in [1.29, 1.82) is 0 Å². The first-order valence-electron chi connectivity index (χ1n) is 10.0. The Bertz CT molecular complexity index is 1360. The molecule has 0 aliphatic carbocycles. The molecule has 0 atom stereocenters. The topological polar surface area (TPSA) is 100 Å². The summed E-state index contributed by atoms with van der Waals surface area (Å²) >= 11 is 6.04. The van der Waals surface area contributed by atoms with E-state index in [-0.39, 0.29) is 11.5 Å². The maximum atomic E-state index is 12.4. The smallest absolute Gasteiger partial charge is 0.422 e. The predicted molar refractivity (Wildman–Crippen MR) is 120 cm³/mol. The number of aromatic nitrogens is 3. The van der Waals surface area contributed by atoms with Crippen molar-refractivity contribution >= 4 is 35.3 Å². The second-order valence-electron chi connectivity index (χ2n) is 8.61. The van der Waals surface area contributed by atoms with Gasteiger partial charge in [0.15, 0.2) is 0 Å². The highest BCUT2D eigenvalue weighted by Gasteiger charge is 2.52. The third-order valence-corrected chi connectivity index (χ3v) is 6.13. The van der Waals surface area contributed by atoms with Gasteiger partial charge in [0.25, 0.3) is 5.89 Å². The third-order valence-electron chi connectivity index (χ3n) is 5.89. The molecule has 5 rings (SSSR count). The SMILES string of the molecule is CC1(C)OB(c2ccc(-c3noc(-c4cc5cc(Cl)ccc5oc4=O)n3)cn2)OC1(C)C. The van der Waals surface area contributed by atoms with Gasteiger partial charge in [-0.3, -0.25) is 4.98 Å². The van der Waals surface area contributed by atoms with Gasteiger partial charge in [-0.05, 0) is 64.1 Å². The standard InChI is InChI=1S/C22H19BClN3O5/c1-21(2)22(3,4)32-23(31-21)17-8-5-12(11-25-17)18-26-19(30-27-18)15-10-13-9-14(24)6-7-16(13)29-20(15)28/h5-11H,1-4H3. The summed E-state index contributed by atoms with van der Waals surface area (Å²) in [5.41, 5.74) is 0.351. The van der Waals surface area contributed by atoms with E-state index in [9.17, 15) is 4.79 Å². The van der Waals surface area contributed by atoms with Crippen LogP contribution in [0.3, 0.4) is 0 Å². The highest BCUT2D eigenvalue weighted by atomic mass is 35.5. The van der Waals surface area contributed by atoms with Crippen LogP contribution in [0.5, 0.6) is 0 Å². The second kappa shape index (κ2) is 7.26. The maximum absolute atomic E-state index is 12.4. The van der Waals surface area contributed by atoms with Crippen LogP contribution in [0.1, 0.15) is 27.7 Å².